The maximum atomic E-state index is 11.4. The number of nitrogens with zero attached hydrogens (tertiary/aromatic N) is 1. The van der Waals surface area contributed by atoms with Crippen LogP contribution < -0.4 is 9.64 Å². The van der Waals surface area contributed by atoms with E-state index in [-0.39, 0.29) is 5.60 Å². The quantitative estimate of drug-likeness (QED) is 0.911. The lowest BCUT2D eigenvalue weighted by Crippen LogP contribution is -2.53. The number of hydrogen-bond donors (Lipinski definition) is 1. The van der Waals surface area contributed by atoms with Gasteiger partial charge in [-0.25, -0.2) is 4.79 Å². The minimum absolute atomic E-state index is 0.385. The Kier molecular flexibility index (Phi) is 3.43. The van der Waals surface area contributed by atoms with Crippen LogP contribution in [0.5, 0.6) is 5.75 Å². The van der Waals surface area contributed by atoms with Crippen molar-refractivity contribution in [2.24, 2.45) is 0 Å². The number of rotatable bonds is 3. The van der Waals surface area contributed by atoms with E-state index in [0.29, 0.717) is 13.0 Å². The van der Waals surface area contributed by atoms with E-state index in [0.717, 1.165) is 17.0 Å². The van der Waals surface area contributed by atoms with Crippen molar-refractivity contribution in [2.45, 2.75) is 45.8 Å². The molecule has 4 heteroatoms. The molecule has 0 aliphatic carbocycles. The number of carbonyl (C=O) groups is 1. The van der Waals surface area contributed by atoms with E-state index in [1.807, 2.05) is 50.8 Å². The standard InChI is InChI=1S/C15H21NO3/c1-5-11(14(17)18)16-9-15(3,4)19-13-8-10(2)6-7-12(13)16/h6-8,11H,5,9H2,1-4H3,(H,17,18). The van der Waals surface area contributed by atoms with E-state index in [2.05, 4.69) is 0 Å². The number of fused-ring (bicyclic) bond motifs is 1. The summed E-state index contributed by atoms with van der Waals surface area (Å²) in [5.74, 6) is -0.0114. The molecule has 1 aromatic carbocycles. The zero-order valence-electron chi connectivity index (χ0n) is 11.9. The number of aliphatic carboxylic acids is 1. The van der Waals surface area contributed by atoms with Gasteiger partial charge >= 0.3 is 5.97 Å². The molecular weight excluding hydrogens is 242 g/mol. The first-order valence-electron chi connectivity index (χ1n) is 6.63. The number of carboxylic acid groups (broad SMARTS) is 1. The number of benzene rings is 1. The lowest BCUT2D eigenvalue weighted by Gasteiger charge is -2.43. The van der Waals surface area contributed by atoms with Crippen LogP contribution in [0.2, 0.25) is 0 Å². The minimum atomic E-state index is -0.785. The second-order valence-electron chi connectivity index (χ2n) is 5.72. The van der Waals surface area contributed by atoms with Gasteiger partial charge < -0.3 is 14.7 Å². The first-order chi connectivity index (χ1) is 8.84. The second kappa shape index (κ2) is 4.76. The third kappa shape index (κ3) is 2.67. The Morgan fingerprint density at radius 1 is 1.53 bits per heavy atom. The van der Waals surface area contributed by atoms with E-state index < -0.39 is 12.0 Å². The molecule has 0 radical (unpaired) electrons. The van der Waals surface area contributed by atoms with Crippen LogP contribution in [0.4, 0.5) is 5.69 Å². The molecule has 1 N–H and O–H groups in total. The normalized spacial score (nSPS) is 18.4. The molecule has 0 spiro atoms. The van der Waals surface area contributed by atoms with Crippen LogP contribution >= 0.6 is 0 Å². The Balaban J connectivity index is 2.48. The number of anilines is 1. The third-order valence-electron chi connectivity index (χ3n) is 3.41. The molecule has 19 heavy (non-hydrogen) atoms. The predicted molar refractivity (Wildman–Crippen MR) is 74.9 cm³/mol. The number of carboxylic acids is 1. The molecule has 1 atom stereocenters. The van der Waals surface area contributed by atoms with Gasteiger partial charge in [0.25, 0.3) is 0 Å². The van der Waals surface area contributed by atoms with E-state index in [9.17, 15) is 9.90 Å². The summed E-state index contributed by atoms with van der Waals surface area (Å²) in [6.45, 7) is 8.45. The highest BCUT2D eigenvalue weighted by Crippen LogP contribution is 2.39. The first kappa shape index (κ1) is 13.7. The van der Waals surface area contributed by atoms with Gasteiger partial charge in [0.15, 0.2) is 0 Å². The summed E-state index contributed by atoms with van der Waals surface area (Å²) in [5, 5.41) is 9.39. The number of ether oxygens (including phenoxy) is 1. The van der Waals surface area contributed by atoms with Crippen LogP contribution in [-0.2, 0) is 4.79 Å². The zero-order chi connectivity index (χ0) is 14.2. The van der Waals surface area contributed by atoms with Crippen molar-refractivity contribution in [1.29, 1.82) is 0 Å². The SMILES string of the molecule is CCC(C(=O)O)N1CC(C)(C)Oc2cc(C)ccc21. The van der Waals surface area contributed by atoms with E-state index >= 15 is 0 Å². The molecule has 1 aliphatic rings. The van der Waals surface area contributed by atoms with E-state index in [1.165, 1.54) is 0 Å². The van der Waals surface area contributed by atoms with Gasteiger partial charge in [-0.3, -0.25) is 0 Å². The summed E-state index contributed by atoms with van der Waals surface area (Å²) in [4.78, 5) is 13.4. The minimum Gasteiger partial charge on any atom is -0.484 e. The van der Waals surface area contributed by atoms with Gasteiger partial charge in [0.1, 0.15) is 17.4 Å². The van der Waals surface area contributed by atoms with E-state index in [4.69, 9.17) is 4.74 Å². The maximum absolute atomic E-state index is 11.4. The molecule has 1 heterocycles. The molecule has 2 rings (SSSR count). The Bertz CT molecular complexity index is 496. The van der Waals surface area contributed by atoms with Gasteiger partial charge in [0, 0.05) is 0 Å². The molecule has 0 aromatic heterocycles. The van der Waals surface area contributed by atoms with Gasteiger partial charge in [-0.2, -0.15) is 0 Å². The van der Waals surface area contributed by atoms with Crippen molar-refractivity contribution in [1.82, 2.24) is 0 Å². The van der Waals surface area contributed by atoms with Crippen molar-refractivity contribution in [3.05, 3.63) is 23.8 Å². The third-order valence-corrected chi connectivity index (χ3v) is 3.41. The Morgan fingerprint density at radius 2 is 2.21 bits per heavy atom. The molecule has 1 aromatic rings. The van der Waals surface area contributed by atoms with Crippen LogP contribution in [0.3, 0.4) is 0 Å². The van der Waals surface area contributed by atoms with Crippen LogP contribution in [0.1, 0.15) is 32.8 Å². The van der Waals surface area contributed by atoms with Crippen molar-refractivity contribution in [3.63, 3.8) is 0 Å². The zero-order valence-corrected chi connectivity index (χ0v) is 11.9. The molecule has 0 amide bonds. The van der Waals surface area contributed by atoms with Crippen molar-refractivity contribution >= 4 is 11.7 Å². The summed E-state index contributed by atoms with van der Waals surface area (Å²) < 4.78 is 5.97. The fourth-order valence-electron chi connectivity index (χ4n) is 2.57. The van der Waals surface area contributed by atoms with Gasteiger partial charge in [0.2, 0.25) is 0 Å². The molecule has 1 unspecified atom stereocenters. The van der Waals surface area contributed by atoms with Crippen LogP contribution in [-0.4, -0.2) is 29.3 Å². The Labute approximate surface area is 114 Å². The topological polar surface area (TPSA) is 49.8 Å². The number of aryl methyl sites for hydroxylation is 1. The molecule has 1 aliphatic heterocycles. The smallest absolute Gasteiger partial charge is 0.326 e. The summed E-state index contributed by atoms with van der Waals surface area (Å²) >= 11 is 0. The molecule has 0 saturated carbocycles. The molecule has 0 saturated heterocycles. The molecule has 104 valence electrons. The van der Waals surface area contributed by atoms with Crippen LogP contribution in [0.15, 0.2) is 18.2 Å². The molecule has 4 nitrogen and oxygen atoms in total. The van der Waals surface area contributed by atoms with Crippen molar-refractivity contribution in [2.75, 3.05) is 11.4 Å². The summed E-state index contributed by atoms with van der Waals surface area (Å²) in [5.41, 5.74) is 1.60. The fourth-order valence-corrected chi connectivity index (χ4v) is 2.57. The highest BCUT2D eigenvalue weighted by molar-refractivity contribution is 5.80. The van der Waals surface area contributed by atoms with Crippen LogP contribution in [0.25, 0.3) is 0 Å². The average molecular weight is 263 g/mol. The molecule has 0 bridgehead atoms. The molecular formula is C15H21NO3. The Morgan fingerprint density at radius 3 is 2.79 bits per heavy atom. The first-order valence-corrected chi connectivity index (χ1v) is 6.63. The summed E-state index contributed by atoms with van der Waals surface area (Å²) in [6.07, 6.45) is 0.568. The second-order valence-corrected chi connectivity index (χ2v) is 5.72. The van der Waals surface area contributed by atoms with Crippen molar-refractivity contribution in [3.8, 4) is 5.75 Å². The van der Waals surface area contributed by atoms with E-state index in [1.54, 1.807) is 0 Å². The monoisotopic (exact) mass is 263 g/mol. The fraction of sp³-hybridized carbons (Fsp3) is 0.533. The van der Waals surface area contributed by atoms with Gasteiger partial charge in [-0.05, 0) is 44.9 Å². The summed E-state index contributed by atoms with van der Waals surface area (Å²) in [6, 6.07) is 5.40. The lowest BCUT2D eigenvalue weighted by atomic mass is 10.0. The van der Waals surface area contributed by atoms with Crippen LogP contribution in [0, 0.1) is 6.92 Å². The number of hydrogen-bond acceptors (Lipinski definition) is 3. The van der Waals surface area contributed by atoms with Gasteiger partial charge in [-0.15, -0.1) is 0 Å². The highest BCUT2D eigenvalue weighted by Gasteiger charge is 2.37. The summed E-state index contributed by atoms with van der Waals surface area (Å²) in [7, 11) is 0. The van der Waals surface area contributed by atoms with Crippen molar-refractivity contribution < 1.29 is 14.6 Å². The maximum Gasteiger partial charge on any atom is 0.326 e. The largest absolute Gasteiger partial charge is 0.484 e. The molecule has 0 fully saturated rings. The lowest BCUT2D eigenvalue weighted by molar-refractivity contribution is -0.138. The van der Waals surface area contributed by atoms with Gasteiger partial charge in [0.05, 0.1) is 12.2 Å². The Hall–Kier alpha value is -1.71. The predicted octanol–water partition coefficient (Wildman–Crippen LogP) is 2.84. The highest BCUT2D eigenvalue weighted by atomic mass is 16.5. The average Bonchev–Trinajstić information content (AvgIpc) is 2.26. The van der Waals surface area contributed by atoms with Gasteiger partial charge in [-0.1, -0.05) is 13.0 Å².